The van der Waals surface area contributed by atoms with E-state index in [0.29, 0.717) is 5.54 Å². The fourth-order valence-corrected chi connectivity index (χ4v) is 2.82. The van der Waals surface area contributed by atoms with Crippen molar-refractivity contribution in [3.05, 3.63) is 0 Å². The number of hydrogen-bond donors (Lipinski definition) is 2. The van der Waals surface area contributed by atoms with Gasteiger partial charge in [0.25, 0.3) is 0 Å². The molecule has 2 N–H and O–H groups in total. The number of nitrogens with one attached hydrogen (secondary N) is 2. The molecule has 0 spiro atoms. The van der Waals surface area contributed by atoms with Gasteiger partial charge in [-0.05, 0) is 58.2 Å². The van der Waals surface area contributed by atoms with Crippen LogP contribution >= 0.6 is 0 Å². The van der Waals surface area contributed by atoms with Crippen molar-refractivity contribution in [3.63, 3.8) is 0 Å². The van der Waals surface area contributed by atoms with E-state index >= 15 is 0 Å². The third-order valence-corrected chi connectivity index (χ3v) is 3.92. The van der Waals surface area contributed by atoms with Crippen LogP contribution in [0.3, 0.4) is 0 Å². The molecule has 2 rings (SSSR count). The topological polar surface area (TPSA) is 24.1 Å². The van der Waals surface area contributed by atoms with Gasteiger partial charge in [-0.15, -0.1) is 0 Å². The Balaban J connectivity index is 1.70. The minimum absolute atomic E-state index is 0.470. The molecule has 0 amide bonds. The molecule has 0 radical (unpaired) electrons. The van der Waals surface area contributed by atoms with Crippen molar-refractivity contribution in [3.8, 4) is 0 Å². The summed E-state index contributed by atoms with van der Waals surface area (Å²) in [5.74, 6) is 0.876. The van der Waals surface area contributed by atoms with E-state index in [4.69, 9.17) is 0 Å². The fourth-order valence-electron chi connectivity index (χ4n) is 2.82. The molecule has 14 heavy (non-hydrogen) atoms. The van der Waals surface area contributed by atoms with Gasteiger partial charge in [0.2, 0.25) is 0 Å². The van der Waals surface area contributed by atoms with Gasteiger partial charge < -0.3 is 10.6 Å². The van der Waals surface area contributed by atoms with E-state index in [0.717, 1.165) is 5.92 Å². The summed E-state index contributed by atoms with van der Waals surface area (Å²) in [7, 11) is 0. The van der Waals surface area contributed by atoms with Crippen LogP contribution < -0.4 is 10.6 Å². The van der Waals surface area contributed by atoms with Crippen LogP contribution in [0.15, 0.2) is 0 Å². The quantitative estimate of drug-likeness (QED) is 0.720. The highest BCUT2D eigenvalue weighted by atomic mass is 15.0. The number of piperidine rings is 1. The molecule has 0 bridgehead atoms. The molecule has 0 unspecified atom stereocenters. The standard InChI is InChI=1S/C12H24N2/c1-12(6-2-3-7-12)14-10-11-5-4-8-13-9-11/h11,13-14H,2-10H2,1H3/t11-/m0/s1. The Kier molecular flexibility index (Phi) is 3.45. The molecule has 1 atom stereocenters. The van der Waals surface area contributed by atoms with Gasteiger partial charge >= 0.3 is 0 Å². The molecule has 2 fully saturated rings. The van der Waals surface area contributed by atoms with Crippen molar-refractivity contribution < 1.29 is 0 Å². The van der Waals surface area contributed by atoms with Crippen LogP contribution in [0.2, 0.25) is 0 Å². The Morgan fingerprint density at radius 1 is 1.29 bits per heavy atom. The molecular weight excluding hydrogens is 172 g/mol. The van der Waals surface area contributed by atoms with Gasteiger partial charge in [-0.25, -0.2) is 0 Å². The van der Waals surface area contributed by atoms with Gasteiger partial charge in [0.1, 0.15) is 0 Å². The normalized spacial score (nSPS) is 31.9. The monoisotopic (exact) mass is 196 g/mol. The highest BCUT2D eigenvalue weighted by Crippen LogP contribution is 2.29. The maximum Gasteiger partial charge on any atom is 0.0153 e. The maximum absolute atomic E-state index is 3.79. The number of hydrogen-bond acceptors (Lipinski definition) is 2. The molecule has 2 heteroatoms. The smallest absolute Gasteiger partial charge is 0.0153 e. The Hall–Kier alpha value is -0.0800. The second kappa shape index (κ2) is 4.63. The lowest BCUT2D eigenvalue weighted by atomic mass is 9.96. The first-order valence-corrected chi connectivity index (χ1v) is 6.24. The van der Waals surface area contributed by atoms with Gasteiger partial charge in [-0.1, -0.05) is 12.8 Å². The summed E-state index contributed by atoms with van der Waals surface area (Å²) in [6.07, 6.45) is 8.39. The average molecular weight is 196 g/mol. The van der Waals surface area contributed by atoms with E-state index in [-0.39, 0.29) is 0 Å². The first-order chi connectivity index (χ1) is 6.79. The molecule has 0 aromatic rings. The summed E-state index contributed by atoms with van der Waals surface area (Å²) in [6, 6.07) is 0. The molecule has 1 aliphatic heterocycles. The summed E-state index contributed by atoms with van der Waals surface area (Å²) >= 11 is 0. The fraction of sp³-hybridized carbons (Fsp3) is 1.00. The van der Waals surface area contributed by atoms with E-state index in [1.165, 1.54) is 58.2 Å². The first kappa shape index (κ1) is 10.4. The van der Waals surface area contributed by atoms with Crippen molar-refractivity contribution in [2.45, 2.75) is 51.0 Å². The zero-order valence-electron chi connectivity index (χ0n) is 9.44. The van der Waals surface area contributed by atoms with Crippen molar-refractivity contribution in [1.82, 2.24) is 10.6 Å². The van der Waals surface area contributed by atoms with Crippen LogP contribution in [0.4, 0.5) is 0 Å². The van der Waals surface area contributed by atoms with Crippen LogP contribution in [0.5, 0.6) is 0 Å². The molecule has 0 aromatic carbocycles. The van der Waals surface area contributed by atoms with Crippen LogP contribution in [0.1, 0.15) is 45.4 Å². The second-order valence-electron chi connectivity index (χ2n) is 5.36. The van der Waals surface area contributed by atoms with Crippen molar-refractivity contribution in [1.29, 1.82) is 0 Å². The van der Waals surface area contributed by atoms with Gasteiger partial charge in [-0.2, -0.15) is 0 Å². The van der Waals surface area contributed by atoms with Crippen LogP contribution in [0, 0.1) is 5.92 Å². The molecule has 2 aliphatic rings. The SMILES string of the molecule is CC1(NC[C@H]2CCCNC2)CCCC1. The Bertz CT molecular complexity index is 167. The Labute approximate surface area is 87.8 Å². The summed E-state index contributed by atoms with van der Waals surface area (Å²) in [4.78, 5) is 0. The molecule has 2 nitrogen and oxygen atoms in total. The molecule has 82 valence electrons. The molecule has 1 heterocycles. The largest absolute Gasteiger partial charge is 0.316 e. The predicted molar refractivity (Wildman–Crippen MR) is 60.5 cm³/mol. The molecule has 1 aliphatic carbocycles. The Morgan fingerprint density at radius 3 is 2.71 bits per heavy atom. The zero-order valence-corrected chi connectivity index (χ0v) is 9.44. The van der Waals surface area contributed by atoms with Gasteiger partial charge in [0, 0.05) is 5.54 Å². The van der Waals surface area contributed by atoms with Crippen LogP contribution in [0.25, 0.3) is 0 Å². The van der Waals surface area contributed by atoms with E-state index in [1.807, 2.05) is 0 Å². The van der Waals surface area contributed by atoms with E-state index in [9.17, 15) is 0 Å². The lowest BCUT2D eigenvalue weighted by Gasteiger charge is -2.30. The molecular formula is C12H24N2. The molecule has 1 saturated heterocycles. The summed E-state index contributed by atoms with van der Waals surface area (Å²) < 4.78 is 0. The average Bonchev–Trinajstić information content (AvgIpc) is 2.65. The lowest BCUT2D eigenvalue weighted by molar-refractivity contribution is 0.294. The molecule has 1 saturated carbocycles. The van der Waals surface area contributed by atoms with Gasteiger partial charge in [-0.3, -0.25) is 0 Å². The predicted octanol–water partition coefficient (Wildman–Crippen LogP) is 1.91. The number of rotatable bonds is 3. The third-order valence-electron chi connectivity index (χ3n) is 3.92. The zero-order chi connectivity index (χ0) is 9.86. The van der Waals surface area contributed by atoms with Crippen LogP contribution in [-0.2, 0) is 0 Å². The van der Waals surface area contributed by atoms with E-state index in [1.54, 1.807) is 0 Å². The maximum atomic E-state index is 3.79. The van der Waals surface area contributed by atoms with E-state index in [2.05, 4.69) is 17.6 Å². The third kappa shape index (κ3) is 2.71. The van der Waals surface area contributed by atoms with Gasteiger partial charge in [0.05, 0.1) is 0 Å². The second-order valence-corrected chi connectivity index (χ2v) is 5.36. The van der Waals surface area contributed by atoms with Crippen LogP contribution in [-0.4, -0.2) is 25.2 Å². The summed E-state index contributed by atoms with van der Waals surface area (Å²) in [6.45, 7) is 6.08. The minimum atomic E-state index is 0.470. The minimum Gasteiger partial charge on any atom is -0.316 e. The lowest BCUT2D eigenvalue weighted by Crippen LogP contribution is -2.45. The molecule has 0 aromatic heterocycles. The summed E-state index contributed by atoms with van der Waals surface area (Å²) in [5.41, 5.74) is 0.470. The highest BCUT2D eigenvalue weighted by molar-refractivity contribution is 4.89. The van der Waals surface area contributed by atoms with E-state index < -0.39 is 0 Å². The van der Waals surface area contributed by atoms with Gasteiger partial charge in [0.15, 0.2) is 0 Å². The highest BCUT2D eigenvalue weighted by Gasteiger charge is 2.28. The summed E-state index contributed by atoms with van der Waals surface area (Å²) in [5, 5.41) is 7.27. The first-order valence-electron chi connectivity index (χ1n) is 6.24. The van der Waals surface area contributed by atoms with Crippen molar-refractivity contribution in [2.75, 3.05) is 19.6 Å². The Morgan fingerprint density at radius 2 is 2.07 bits per heavy atom. The van der Waals surface area contributed by atoms with Crippen molar-refractivity contribution in [2.24, 2.45) is 5.92 Å². The van der Waals surface area contributed by atoms with Crippen molar-refractivity contribution >= 4 is 0 Å².